The topological polar surface area (TPSA) is 12.0 Å². The van der Waals surface area contributed by atoms with Gasteiger partial charge in [0.05, 0.1) is 0 Å². The molecule has 2 fully saturated rings. The van der Waals surface area contributed by atoms with Gasteiger partial charge < -0.3 is 5.32 Å². The summed E-state index contributed by atoms with van der Waals surface area (Å²) in [5.41, 5.74) is 1.50. The molecule has 0 spiro atoms. The fourth-order valence-electron chi connectivity index (χ4n) is 4.11. The van der Waals surface area contributed by atoms with Crippen LogP contribution in [0.5, 0.6) is 0 Å². The summed E-state index contributed by atoms with van der Waals surface area (Å²) >= 11 is 3.58. The first-order valence-electron chi connectivity index (χ1n) is 8.74. The molecule has 0 aromatic heterocycles. The van der Waals surface area contributed by atoms with E-state index >= 15 is 0 Å². The van der Waals surface area contributed by atoms with Crippen molar-refractivity contribution in [2.45, 2.75) is 76.3 Å². The molecule has 0 unspecified atom stereocenters. The molecule has 21 heavy (non-hydrogen) atoms. The first kappa shape index (κ1) is 15.6. The molecule has 0 saturated heterocycles. The molecule has 2 aliphatic carbocycles. The molecule has 1 N–H and O–H groups in total. The average Bonchev–Trinajstić information content (AvgIpc) is 2.71. The van der Waals surface area contributed by atoms with Crippen LogP contribution in [0.4, 0.5) is 0 Å². The summed E-state index contributed by atoms with van der Waals surface area (Å²) in [4.78, 5) is 0. The van der Waals surface area contributed by atoms with Crippen molar-refractivity contribution in [1.29, 1.82) is 0 Å². The van der Waals surface area contributed by atoms with Gasteiger partial charge in [-0.25, -0.2) is 0 Å². The molecule has 0 aliphatic heterocycles. The average molecular weight is 350 g/mol. The Morgan fingerprint density at radius 1 is 1.10 bits per heavy atom. The molecule has 116 valence electrons. The van der Waals surface area contributed by atoms with E-state index in [9.17, 15) is 0 Å². The maximum Gasteiger partial charge on any atom is 0.0178 e. The van der Waals surface area contributed by atoms with Crippen LogP contribution in [0, 0.1) is 5.92 Å². The summed E-state index contributed by atoms with van der Waals surface area (Å²) in [5.74, 6) is 1.68. The van der Waals surface area contributed by atoms with Crippen molar-refractivity contribution in [1.82, 2.24) is 5.32 Å². The zero-order chi connectivity index (χ0) is 14.7. The number of nitrogens with one attached hydrogen (secondary N) is 1. The first-order chi connectivity index (χ1) is 10.2. The van der Waals surface area contributed by atoms with Gasteiger partial charge >= 0.3 is 0 Å². The maximum atomic E-state index is 3.92. The largest absolute Gasteiger partial charge is 0.311 e. The number of benzene rings is 1. The third-order valence-electron chi connectivity index (χ3n) is 5.56. The van der Waals surface area contributed by atoms with Gasteiger partial charge in [-0.3, -0.25) is 0 Å². The van der Waals surface area contributed by atoms with E-state index in [0.29, 0.717) is 6.04 Å². The van der Waals surface area contributed by atoms with Gasteiger partial charge in [0.1, 0.15) is 0 Å². The molecular formula is C19H28BrN. The second-order valence-electron chi connectivity index (χ2n) is 7.13. The second kappa shape index (κ2) is 7.28. The normalized spacial score (nSPS) is 28.7. The summed E-state index contributed by atoms with van der Waals surface area (Å²) in [7, 11) is 0. The minimum atomic E-state index is 0.705. The van der Waals surface area contributed by atoms with E-state index in [2.05, 4.69) is 52.4 Å². The Bertz CT molecular complexity index is 445. The van der Waals surface area contributed by atoms with Crippen LogP contribution in [-0.2, 0) is 0 Å². The van der Waals surface area contributed by atoms with Crippen molar-refractivity contribution in [3.05, 3.63) is 34.3 Å². The summed E-state index contributed by atoms with van der Waals surface area (Å²) in [6.45, 7) is 2.42. The van der Waals surface area contributed by atoms with E-state index in [4.69, 9.17) is 0 Å². The summed E-state index contributed by atoms with van der Waals surface area (Å²) in [6, 6.07) is 10.3. The number of halogens is 1. The Kier molecular flexibility index (Phi) is 5.39. The molecule has 1 nitrogen and oxygen atoms in total. The Labute approximate surface area is 138 Å². The third kappa shape index (κ3) is 4.10. The highest BCUT2D eigenvalue weighted by Gasteiger charge is 2.32. The van der Waals surface area contributed by atoms with E-state index in [-0.39, 0.29) is 0 Å². The van der Waals surface area contributed by atoms with Gasteiger partial charge in [-0.1, -0.05) is 53.7 Å². The van der Waals surface area contributed by atoms with Crippen LogP contribution >= 0.6 is 15.9 Å². The maximum absolute atomic E-state index is 3.92. The van der Waals surface area contributed by atoms with Crippen LogP contribution in [0.1, 0.15) is 69.8 Å². The molecule has 1 aromatic carbocycles. The minimum Gasteiger partial charge on any atom is -0.311 e. The lowest BCUT2D eigenvalue weighted by atomic mass is 9.75. The lowest BCUT2D eigenvalue weighted by molar-refractivity contribution is 0.228. The molecule has 1 aromatic rings. The first-order valence-corrected chi connectivity index (χ1v) is 9.53. The highest BCUT2D eigenvalue weighted by Crippen LogP contribution is 2.38. The molecule has 2 aliphatic rings. The van der Waals surface area contributed by atoms with Crippen molar-refractivity contribution in [2.75, 3.05) is 0 Å². The Balaban J connectivity index is 1.45. The Hall–Kier alpha value is -0.340. The lowest BCUT2D eigenvalue weighted by Crippen LogP contribution is -2.47. The number of hydrogen-bond acceptors (Lipinski definition) is 1. The van der Waals surface area contributed by atoms with E-state index in [0.717, 1.165) is 17.9 Å². The number of rotatable bonds is 4. The summed E-state index contributed by atoms with van der Waals surface area (Å²) in [6.07, 6.45) is 11.3. The van der Waals surface area contributed by atoms with Gasteiger partial charge in [0, 0.05) is 16.6 Å². The Morgan fingerprint density at radius 3 is 2.48 bits per heavy atom. The van der Waals surface area contributed by atoms with Crippen LogP contribution in [0.2, 0.25) is 0 Å². The molecule has 2 heteroatoms. The molecule has 2 saturated carbocycles. The number of hydrogen-bond donors (Lipinski definition) is 1. The van der Waals surface area contributed by atoms with Gasteiger partial charge in [-0.2, -0.15) is 0 Å². The van der Waals surface area contributed by atoms with Crippen molar-refractivity contribution in [3.63, 3.8) is 0 Å². The van der Waals surface area contributed by atoms with Crippen molar-refractivity contribution in [2.24, 2.45) is 5.92 Å². The van der Waals surface area contributed by atoms with Crippen LogP contribution < -0.4 is 5.32 Å². The van der Waals surface area contributed by atoms with E-state index in [1.165, 1.54) is 61.4 Å². The predicted molar refractivity (Wildman–Crippen MR) is 93.7 cm³/mol. The van der Waals surface area contributed by atoms with Crippen LogP contribution in [0.15, 0.2) is 28.7 Å². The van der Waals surface area contributed by atoms with Crippen molar-refractivity contribution in [3.8, 4) is 0 Å². The van der Waals surface area contributed by atoms with Gasteiger partial charge in [0.25, 0.3) is 0 Å². The van der Waals surface area contributed by atoms with Gasteiger partial charge in [-0.15, -0.1) is 0 Å². The third-order valence-corrected chi connectivity index (χ3v) is 6.06. The van der Waals surface area contributed by atoms with E-state index < -0.39 is 0 Å². The van der Waals surface area contributed by atoms with Crippen LogP contribution in [0.25, 0.3) is 0 Å². The van der Waals surface area contributed by atoms with Gasteiger partial charge in [0.15, 0.2) is 0 Å². The fraction of sp³-hybridized carbons (Fsp3) is 0.684. The SMILES string of the molecule is C[C@H](NC1CC(c2cccc(Br)c2)C1)C1CCCCCC1. The molecule has 0 heterocycles. The van der Waals surface area contributed by atoms with Crippen LogP contribution in [0.3, 0.4) is 0 Å². The second-order valence-corrected chi connectivity index (χ2v) is 8.04. The highest BCUT2D eigenvalue weighted by atomic mass is 79.9. The quantitative estimate of drug-likeness (QED) is 0.693. The van der Waals surface area contributed by atoms with Crippen molar-refractivity contribution < 1.29 is 0 Å². The minimum absolute atomic E-state index is 0.705. The van der Waals surface area contributed by atoms with Crippen molar-refractivity contribution >= 4 is 15.9 Å². The molecule has 0 amide bonds. The molecule has 0 bridgehead atoms. The Morgan fingerprint density at radius 2 is 1.81 bits per heavy atom. The molecular weight excluding hydrogens is 322 g/mol. The zero-order valence-corrected chi connectivity index (χ0v) is 14.7. The summed E-state index contributed by atoms with van der Waals surface area (Å²) < 4.78 is 1.21. The van der Waals surface area contributed by atoms with E-state index in [1.54, 1.807) is 0 Å². The highest BCUT2D eigenvalue weighted by molar-refractivity contribution is 9.10. The van der Waals surface area contributed by atoms with E-state index in [1.807, 2.05) is 0 Å². The lowest BCUT2D eigenvalue weighted by Gasteiger charge is -2.40. The van der Waals surface area contributed by atoms with Gasteiger partial charge in [0.2, 0.25) is 0 Å². The van der Waals surface area contributed by atoms with Gasteiger partial charge in [-0.05, 0) is 62.1 Å². The standard InChI is InChI=1S/C19H28BrN/c1-14(15-7-4-2-3-5-8-15)21-19-12-17(13-19)16-9-6-10-18(20)11-16/h6,9-11,14-15,17,19,21H,2-5,7-8,12-13H2,1H3/t14-,17?,19?/m0/s1. The zero-order valence-electron chi connectivity index (χ0n) is 13.2. The monoisotopic (exact) mass is 349 g/mol. The summed E-state index contributed by atoms with van der Waals surface area (Å²) in [5, 5.41) is 3.92. The fourth-order valence-corrected chi connectivity index (χ4v) is 4.52. The molecule has 0 radical (unpaired) electrons. The predicted octanol–water partition coefficient (Wildman–Crippen LogP) is 5.64. The van der Waals surface area contributed by atoms with Crippen LogP contribution in [-0.4, -0.2) is 12.1 Å². The molecule has 1 atom stereocenters. The smallest absolute Gasteiger partial charge is 0.0178 e. The molecule has 3 rings (SSSR count).